The third-order valence-corrected chi connectivity index (χ3v) is 5.93. The highest BCUT2D eigenvalue weighted by molar-refractivity contribution is 5.85. The maximum Gasteiger partial charge on any atom is 0.226 e. The lowest BCUT2D eigenvalue weighted by Crippen LogP contribution is -2.32. The van der Waals surface area contributed by atoms with Crippen LogP contribution in [-0.2, 0) is 0 Å². The molecule has 0 fully saturated rings. The minimum atomic E-state index is -0.286. The van der Waals surface area contributed by atoms with Gasteiger partial charge in [0.05, 0.1) is 12.3 Å². The van der Waals surface area contributed by atoms with Crippen LogP contribution in [0, 0.1) is 0 Å². The first kappa shape index (κ1) is 18.7. The molecule has 0 radical (unpaired) electrons. The van der Waals surface area contributed by atoms with E-state index in [0.717, 1.165) is 45.4 Å². The van der Waals surface area contributed by atoms with Crippen molar-refractivity contribution < 1.29 is 9.47 Å². The topological polar surface area (TPSA) is 61.2 Å². The average Bonchev–Trinajstić information content (AvgIpc) is 3.32. The Morgan fingerprint density at radius 1 is 0.938 bits per heavy atom. The standard InChI is InChI=1S/C26H22N4O2/c1-2-31-19-14-12-18(13-15-19)25-22-23(20-10-6-7-11-21(20)32-25)29-26-27-16-28-30(26)24(22)17-8-4-3-5-9-17/h3-16,24-25H,2H2,1H3,(H,27,28,29)/t24-,25-/m1/s1. The zero-order valence-electron chi connectivity index (χ0n) is 17.6. The molecular weight excluding hydrogens is 400 g/mol. The fraction of sp³-hybridized carbons (Fsp3) is 0.154. The zero-order valence-corrected chi connectivity index (χ0v) is 17.6. The molecule has 2 aliphatic heterocycles. The maximum absolute atomic E-state index is 6.63. The van der Waals surface area contributed by atoms with E-state index >= 15 is 0 Å². The van der Waals surface area contributed by atoms with Gasteiger partial charge in [-0.1, -0.05) is 54.6 Å². The number of aromatic nitrogens is 3. The molecule has 3 aromatic carbocycles. The first-order valence-corrected chi connectivity index (χ1v) is 10.8. The lowest BCUT2D eigenvalue weighted by atomic mass is 9.84. The van der Waals surface area contributed by atoms with Crippen molar-refractivity contribution in [1.29, 1.82) is 0 Å². The highest BCUT2D eigenvalue weighted by atomic mass is 16.5. The summed E-state index contributed by atoms with van der Waals surface area (Å²) in [7, 11) is 0. The van der Waals surface area contributed by atoms with E-state index in [1.54, 1.807) is 6.33 Å². The Morgan fingerprint density at radius 2 is 1.72 bits per heavy atom. The summed E-state index contributed by atoms with van der Waals surface area (Å²) < 4.78 is 14.2. The van der Waals surface area contributed by atoms with Gasteiger partial charge in [0, 0.05) is 11.1 Å². The van der Waals surface area contributed by atoms with Crippen LogP contribution in [0.25, 0.3) is 5.70 Å². The smallest absolute Gasteiger partial charge is 0.226 e. The van der Waals surface area contributed by atoms with Gasteiger partial charge in [-0.2, -0.15) is 10.1 Å². The number of hydrogen-bond donors (Lipinski definition) is 1. The zero-order chi connectivity index (χ0) is 21.5. The summed E-state index contributed by atoms with van der Waals surface area (Å²) in [6, 6.07) is 26.5. The second-order valence-electron chi connectivity index (χ2n) is 7.79. The fourth-order valence-corrected chi connectivity index (χ4v) is 4.55. The Labute approximate surface area is 186 Å². The van der Waals surface area contributed by atoms with Crippen LogP contribution in [-0.4, -0.2) is 21.4 Å². The number of para-hydroxylation sites is 1. The Kier molecular flexibility index (Phi) is 4.42. The molecule has 6 nitrogen and oxygen atoms in total. The quantitative estimate of drug-likeness (QED) is 0.488. The molecule has 4 aromatic rings. The van der Waals surface area contributed by atoms with Crippen LogP contribution >= 0.6 is 0 Å². The number of benzene rings is 3. The minimum Gasteiger partial charge on any atom is -0.494 e. The van der Waals surface area contributed by atoms with Crippen LogP contribution in [0.3, 0.4) is 0 Å². The molecule has 0 aliphatic carbocycles. The summed E-state index contributed by atoms with van der Waals surface area (Å²) in [6.45, 7) is 2.62. The summed E-state index contributed by atoms with van der Waals surface area (Å²) in [6.07, 6.45) is 1.31. The summed E-state index contributed by atoms with van der Waals surface area (Å²) >= 11 is 0. The molecule has 6 rings (SSSR count). The third-order valence-electron chi connectivity index (χ3n) is 5.93. The van der Waals surface area contributed by atoms with Crippen molar-refractivity contribution in [3.05, 3.63) is 107 Å². The summed E-state index contributed by atoms with van der Waals surface area (Å²) in [5, 5.41) is 8.09. The average molecular weight is 422 g/mol. The first-order chi connectivity index (χ1) is 15.8. The summed E-state index contributed by atoms with van der Waals surface area (Å²) in [5.41, 5.74) is 5.35. The molecule has 1 aromatic heterocycles. The highest BCUT2D eigenvalue weighted by Crippen LogP contribution is 2.50. The van der Waals surface area contributed by atoms with Gasteiger partial charge in [-0.25, -0.2) is 4.68 Å². The van der Waals surface area contributed by atoms with E-state index in [4.69, 9.17) is 9.47 Å². The van der Waals surface area contributed by atoms with E-state index in [2.05, 4.69) is 57.9 Å². The van der Waals surface area contributed by atoms with E-state index in [0.29, 0.717) is 6.61 Å². The number of hydrogen-bond acceptors (Lipinski definition) is 5. The minimum absolute atomic E-state index is 0.144. The molecule has 3 heterocycles. The second kappa shape index (κ2) is 7.57. The number of anilines is 1. The lowest BCUT2D eigenvalue weighted by molar-refractivity contribution is 0.223. The van der Waals surface area contributed by atoms with E-state index in [1.807, 2.05) is 48.0 Å². The van der Waals surface area contributed by atoms with Crippen molar-refractivity contribution in [2.45, 2.75) is 19.1 Å². The molecule has 0 unspecified atom stereocenters. The highest BCUT2D eigenvalue weighted by Gasteiger charge is 2.40. The van der Waals surface area contributed by atoms with Gasteiger partial charge in [0.15, 0.2) is 0 Å². The van der Waals surface area contributed by atoms with Crippen LogP contribution in [0.5, 0.6) is 11.5 Å². The monoisotopic (exact) mass is 422 g/mol. The van der Waals surface area contributed by atoms with Gasteiger partial charge in [0.1, 0.15) is 30.0 Å². The molecule has 32 heavy (non-hydrogen) atoms. The summed E-state index contributed by atoms with van der Waals surface area (Å²) in [5.74, 6) is 2.42. The number of nitrogens with one attached hydrogen (secondary N) is 1. The largest absolute Gasteiger partial charge is 0.494 e. The Balaban J connectivity index is 1.57. The number of rotatable bonds is 4. The number of fused-ring (bicyclic) bond motifs is 3. The normalized spacial score (nSPS) is 18.7. The molecule has 2 aliphatic rings. The van der Waals surface area contributed by atoms with Crippen molar-refractivity contribution in [3.8, 4) is 11.5 Å². The van der Waals surface area contributed by atoms with Crippen molar-refractivity contribution in [3.63, 3.8) is 0 Å². The molecule has 2 atom stereocenters. The van der Waals surface area contributed by atoms with Gasteiger partial charge < -0.3 is 14.8 Å². The maximum atomic E-state index is 6.63. The van der Waals surface area contributed by atoms with Crippen molar-refractivity contribution in [1.82, 2.24) is 14.8 Å². The first-order valence-electron chi connectivity index (χ1n) is 10.8. The molecule has 0 spiro atoms. The molecule has 0 saturated carbocycles. The molecular formula is C26H22N4O2. The van der Waals surface area contributed by atoms with Crippen LogP contribution in [0.2, 0.25) is 0 Å². The predicted octanol–water partition coefficient (Wildman–Crippen LogP) is 5.24. The molecule has 0 bridgehead atoms. The van der Waals surface area contributed by atoms with E-state index in [1.165, 1.54) is 0 Å². The molecule has 1 N–H and O–H groups in total. The van der Waals surface area contributed by atoms with Crippen LogP contribution in [0.4, 0.5) is 5.95 Å². The van der Waals surface area contributed by atoms with Gasteiger partial charge in [0.2, 0.25) is 5.95 Å². The van der Waals surface area contributed by atoms with Gasteiger partial charge >= 0.3 is 0 Å². The summed E-state index contributed by atoms with van der Waals surface area (Å²) in [4.78, 5) is 4.48. The fourth-order valence-electron chi connectivity index (χ4n) is 4.55. The Hall–Kier alpha value is -4.06. The van der Waals surface area contributed by atoms with E-state index in [9.17, 15) is 0 Å². The molecule has 158 valence electrons. The van der Waals surface area contributed by atoms with Crippen LogP contribution in [0.1, 0.15) is 35.8 Å². The van der Waals surface area contributed by atoms with Gasteiger partial charge in [-0.05, 0) is 42.3 Å². The van der Waals surface area contributed by atoms with Gasteiger partial charge in [-0.15, -0.1) is 0 Å². The number of ether oxygens (including phenoxy) is 2. The number of nitrogens with zero attached hydrogens (tertiary/aromatic N) is 3. The van der Waals surface area contributed by atoms with Crippen molar-refractivity contribution >= 4 is 11.6 Å². The molecule has 0 amide bonds. The lowest BCUT2D eigenvalue weighted by Gasteiger charge is -2.39. The van der Waals surface area contributed by atoms with Crippen molar-refractivity contribution in [2.75, 3.05) is 11.9 Å². The van der Waals surface area contributed by atoms with Gasteiger partial charge in [-0.3, -0.25) is 0 Å². The predicted molar refractivity (Wildman–Crippen MR) is 123 cm³/mol. The van der Waals surface area contributed by atoms with Crippen LogP contribution in [0.15, 0.2) is 90.8 Å². The Morgan fingerprint density at radius 3 is 2.53 bits per heavy atom. The molecule has 0 saturated heterocycles. The second-order valence-corrected chi connectivity index (χ2v) is 7.79. The van der Waals surface area contributed by atoms with Crippen molar-refractivity contribution in [2.24, 2.45) is 0 Å². The van der Waals surface area contributed by atoms with E-state index < -0.39 is 0 Å². The van der Waals surface area contributed by atoms with E-state index in [-0.39, 0.29) is 12.1 Å². The van der Waals surface area contributed by atoms with Gasteiger partial charge in [0.25, 0.3) is 0 Å². The SMILES string of the molecule is CCOc1ccc([C@H]2Oc3ccccc3C3=C2[C@@H](c2ccccc2)n2ncnc2N3)cc1. The van der Waals surface area contributed by atoms with Crippen LogP contribution < -0.4 is 14.8 Å². The Bertz CT molecular complexity index is 1290. The molecule has 6 heteroatoms. The third kappa shape index (κ3) is 2.95.